The van der Waals surface area contributed by atoms with Crippen molar-refractivity contribution in [2.45, 2.75) is 18.8 Å². The number of hydrogen-bond donors (Lipinski definition) is 1. The highest BCUT2D eigenvalue weighted by atomic mass is 32.2. The molecule has 1 fully saturated rings. The van der Waals surface area contributed by atoms with E-state index in [1.165, 1.54) is 23.7 Å². The van der Waals surface area contributed by atoms with Gasteiger partial charge in [-0.3, -0.25) is 9.69 Å². The molecule has 1 amide bonds. The lowest BCUT2D eigenvalue weighted by Gasteiger charge is -2.35. The minimum atomic E-state index is -0.148. The molecule has 0 bridgehead atoms. The molecular formula is C19H22N6O3S. The van der Waals surface area contributed by atoms with Crippen LogP contribution in [0.4, 0.5) is 0 Å². The van der Waals surface area contributed by atoms with Crippen LogP contribution in [0, 0.1) is 0 Å². The SMILES string of the molecule is O=C(CSC1=NC=N[C@@H]2N=CN[C@H]12)N1CCN(Cc2ccc3c(c2)OCO3)CC1. The summed E-state index contributed by atoms with van der Waals surface area (Å²) in [6.45, 7) is 4.34. The van der Waals surface area contributed by atoms with E-state index in [1.807, 2.05) is 17.0 Å². The highest BCUT2D eigenvalue weighted by Gasteiger charge is 2.31. The maximum absolute atomic E-state index is 12.6. The number of benzene rings is 1. The third-order valence-corrected chi connectivity index (χ3v) is 6.41. The fourth-order valence-corrected chi connectivity index (χ4v) is 4.69. The van der Waals surface area contributed by atoms with Crippen LogP contribution >= 0.6 is 11.8 Å². The Hall–Kier alpha value is -2.59. The summed E-state index contributed by atoms with van der Waals surface area (Å²) < 4.78 is 10.8. The Morgan fingerprint density at radius 3 is 2.93 bits per heavy atom. The van der Waals surface area contributed by atoms with E-state index in [1.54, 1.807) is 6.34 Å². The number of carbonyl (C=O) groups excluding carboxylic acids is 1. The minimum Gasteiger partial charge on any atom is -0.454 e. The highest BCUT2D eigenvalue weighted by molar-refractivity contribution is 8.14. The molecule has 29 heavy (non-hydrogen) atoms. The van der Waals surface area contributed by atoms with Crippen molar-refractivity contribution in [3.05, 3.63) is 23.8 Å². The van der Waals surface area contributed by atoms with Gasteiger partial charge < -0.3 is 19.7 Å². The van der Waals surface area contributed by atoms with Crippen LogP contribution in [0.2, 0.25) is 0 Å². The molecule has 5 rings (SSSR count). The number of aliphatic imine (C=N–C) groups is 3. The number of ether oxygens (including phenoxy) is 2. The molecule has 9 nitrogen and oxygen atoms in total. The Morgan fingerprint density at radius 2 is 2.03 bits per heavy atom. The van der Waals surface area contributed by atoms with Crippen LogP contribution in [0.1, 0.15) is 5.56 Å². The molecule has 4 aliphatic rings. The van der Waals surface area contributed by atoms with Gasteiger partial charge in [-0.25, -0.2) is 15.0 Å². The standard InChI is InChI=1S/C19H22N6O3S/c26-16(9-29-19-17-18(21-10-20-17)22-11-23-19)25-5-3-24(4-6-25)8-13-1-2-14-15(7-13)28-12-27-14/h1-2,7,10-11,17-18H,3-6,8-9,12H2,(H,20,21)/t17-,18-/m0/s1. The van der Waals surface area contributed by atoms with Gasteiger partial charge in [0.05, 0.1) is 12.1 Å². The number of thioether (sulfide) groups is 1. The van der Waals surface area contributed by atoms with E-state index >= 15 is 0 Å². The van der Waals surface area contributed by atoms with Gasteiger partial charge in [0, 0.05) is 32.7 Å². The third kappa shape index (κ3) is 3.95. The second-order valence-corrected chi connectivity index (χ2v) is 8.20. The molecule has 1 N–H and O–H groups in total. The summed E-state index contributed by atoms with van der Waals surface area (Å²) in [6, 6.07) is 6.04. The number of fused-ring (bicyclic) bond motifs is 2. The number of nitrogens with one attached hydrogen (secondary N) is 1. The van der Waals surface area contributed by atoms with Crippen molar-refractivity contribution in [1.82, 2.24) is 15.1 Å². The molecule has 0 saturated carbocycles. The molecular weight excluding hydrogens is 392 g/mol. The van der Waals surface area contributed by atoms with Crippen molar-refractivity contribution in [3.63, 3.8) is 0 Å². The van der Waals surface area contributed by atoms with E-state index in [4.69, 9.17) is 9.47 Å². The monoisotopic (exact) mass is 414 g/mol. The minimum absolute atomic E-state index is 0.0312. The van der Waals surface area contributed by atoms with Crippen LogP contribution < -0.4 is 14.8 Å². The lowest BCUT2D eigenvalue weighted by molar-refractivity contribution is -0.130. The second-order valence-electron chi connectivity index (χ2n) is 7.20. The Kier molecular flexibility index (Phi) is 5.11. The topological polar surface area (TPSA) is 91.1 Å². The van der Waals surface area contributed by atoms with Gasteiger partial charge >= 0.3 is 0 Å². The molecule has 0 radical (unpaired) electrons. The van der Waals surface area contributed by atoms with Crippen molar-refractivity contribution in [2.75, 3.05) is 38.7 Å². The summed E-state index contributed by atoms with van der Waals surface area (Å²) in [5, 5.41) is 4.02. The molecule has 1 aromatic rings. The largest absolute Gasteiger partial charge is 0.454 e. The summed E-state index contributed by atoms with van der Waals surface area (Å²) in [5.74, 6) is 2.16. The number of rotatable bonds is 4. The Bertz CT molecular complexity index is 881. The smallest absolute Gasteiger partial charge is 0.233 e. The van der Waals surface area contributed by atoms with Crippen LogP contribution in [0.15, 0.2) is 33.2 Å². The molecule has 0 aliphatic carbocycles. The maximum Gasteiger partial charge on any atom is 0.233 e. The van der Waals surface area contributed by atoms with E-state index in [0.29, 0.717) is 12.5 Å². The van der Waals surface area contributed by atoms with Crippen LogP contribution in [0.5, 0.6) is 11.5 Å². The second kappa shape index (κ2) is 8.03. The predicted octanol–water partition coefficient (Wildman–Crippen LogP) is 0.559. The average molecular weight is 414 g/mol. The summed E-state index contributed by atoms with van der Waals surface area (Å²) in [7, 11) is 0. The van der Waals surface area contributed by atoms with Gasteiger partial charge in [-0.05, 0) is 17.7 Å². The van der Waals surface area contributed by atoms with Crippen LogP contribution in [-0.4, -0.2) is 84.4 Å². The average Bonchev–Trinajstić information content (AvgIpc) is 3.41. The third-order valence-electron chi connectivity index (χ3n) is 5.36. The highest BCUT2D eigenvalue weighted by Crippen LogP contribution is 2.32. The zero-order chi connectivity index (χ0) is 19.6. The first-order chi connectivity index (χ1) is 14.3. The Balaban J connectivity index is 1.09. The van der Waals surface area contributed by atoms with Crippen molar-refractivity contribution in [2.24, 2.45) is 15.0 Å². The summed E-state index contributed by atoms with van der Waals surface area (Å²) >= 11 is 1.48. The van der Waals surface area contributed by atoms with Gasteiger partial charge in [-0.15, -0.1) is 0 Å². The number of amides is 1. The van der Waals surface area contributed by atoms with Crippen molar-refractivity contribution in [1.29, 1.82) is 0 Å². The predicted molar refractivity (Wildman–Crippen MR) is 112 cm³/mol. The normalized spacial score (nSPS) is 25.0. The lowest BCUT2D eigenvalue weighted by atomic mass is 10.1. The number of piperazine rings is 1. The molecule has 10 heteroatoms. The van der Waals surface area contributed by atoms with E-state index in [-0.39, 0.29) is 18.1 Å². The summed E-state index contributed by atoms with van der Waals surface area (Å²) in [4.78, 5) is 29.7. The van der Waals surface area contributed by atoms with Crippen molar-refractivity contribution in [3.8, 4) is 11.5 Å². The number of nitrogens with zero attached hydrogens (tertiary/aromatic N) is 5. The van der Waals surface area contributed by atoms with E-state index in [0.717, 1.165) is 49.3 Å². The maximum atomic E-state index is 12.6. The summed E-state index contributed by atoms with van der Waals surface area (Å²) in [5.41, 5.74) is 1.20. The van der Waals surface area contributed by atoms with Gasteiger partial charge in [0.1, 0.15) is 17.4 Å². The van der Waals surface area contributed by atoms with E-state index in [2.05, 4.69) is 31.3 Å². The molecule has 0 unspecified atom stereocenters. The zero-order valence-corrected chi connectivity index (χ0v) is 16.7. The first kappa shape index (κ1) is 18.4. The molecule has 152 valence electrons. The summed E-state index contributed by atoms with van der Waals surface area (Å²) in [6.07, 6.45) is 3.05. The lowest BCUT2D eigenvalue weighted by Crippen LogP contribution is -2.49. The first-order valence-corrected chi connectivity index (χ1v) is 10.6. The zero-order valence-electron chi connectivity index (χ0n) is 15.9. The van der Waals surface area contributed by atoms with E-state index in [9.17, 15) is 4.79 Å². The van der Waals surface area contributed by atoms with Gasteiger partial charge in [0.15, 0.2) is 17.7 Å². The molecule has 1 aromatic carbocycles. The fraction of sp³-hybridized carbons (Fsp3) is 0.474. The van der Waals surface area contributed by atoms with Gasteiger partial charge in [-0.1, -0.05) is 17.8 Å². The van der Waals surface area contributed by atoms with Crippen LogP contribution in [-0.2, 0) is 11.3 Å². The fourth-order valence-electron chi connectivity index (χ4n) is 3.74. The van der Waals surface area contributed by atoms with Crippen molar-refractivity contribution < 1.29 is 14.3 Å². The molecule has 1 saturated heterocycles. The van der Waals surface area contributed by atoms with E-state index < -0.39 is 0 Å². The van der Waals surface area contributed by atoms with Gasteiger partial charge in [-0.2, -0.15) is 0 Å². The van der Waals surface area contributed by atoms with Gasteiger partial charge in [0.2, 0.25) is 12.7 Å². The van der Waals surface area contributed by atoms with Crippen molar-refractivity contribution >= 4 is 35.4 Å². The quantitative estimate of drug-likeness (QED) is 0.774. The molecule has 0 spiro atoms. The van der Waals surface area contributed by atoms with Crippen LogP contribution in [0.25, 0.3) is 0 Å². The molecule has 2 atom stereocenters. The molecule has 4 heterocycles. The Labute approximate surface area is 172 Å². The number of carbonyl (C=O) groups is 1. The van der Waals surface area contributed by atoms with Crippen LogP contribution in [0.3, 0.4) is 0 Å². The molecule has 0 aromatic heterocycles. The first-order valence-electron chi connectivity index (χ1n) is 9.65. The number of hydrogen-bond acceptors (Lipinski definition) is 9. The molecule has 4 aliphatic heterocycles. The Morgan fingerprint density at radius 1 is 1.17 bits per heavy atom. The van der Waals surface area contributed by atoms with Gasteiger partial charge in [0.25, 0.3) is 0 Å².